The number of ether oxygens (including phenoxy) is 1. The molecule has 0 aliphatic carbocycles. The fourth-order valence-electron chi connectivity index (χ4n) is 0.516. The van der Waals surface area contributed by atoms with Gasteiger partial charge in [0.15, 0.2) is 11.3 Å². The fourth-order valence-corrected chi connectivity index (χ4v) is 0.809. The molecule has 0 saturated carbocycles. The van der Waals surface area contributed by atoms with Crippen molar-refractivity contribution in [2.24, 2.45) is 0 Å². The Morgan fingerprint density at radius 2 is 2.55 bits per heavy atom. The molecule has 1 rings (SSSR count). The van der Waals surface area contributed by atoms with Gasteiger partial charge in [0.05, 0.1) is 0 Å². The molecule has 0 amide bonds. The predicted molar refractivity (Wildman–Crippen MR) is 44.1 cm³/mol. The summed E-state index contributed by atoms with van der Waals surface area (Å²) >= 11 is 3.10. The van der Waals surface area contributed by atoms with Crippen LogP contribution in [0.15, 0.2) is 17.0 Å². The van der Waals surface area contributed by atoms with Crippen LogP contribution in [0, 0.1) is 12.3 Å². The van der Waals surface area contributed by atoms with E-state index in [1.54, 1.807) is 12.3 Å². The third-order valence-corrected chi connectivity index (χ3v) is 1.29. The van der Waals surface area contributed by atoms with E-state index in [0.29, 0.717) is 10.6 Å². The molecule has 1 heterocycles. The quantitative estimate of drug-likeness (QED) is 0.547. The molecule has 0 unspecified atom stereocenters. The smallest absolute Gasteiger partial charge is 0.218 e. The van der Waals surface area contributed by atoms with Gasteiger partial charge in [-0.3, -0.25) is 0 Å². The number of aromatic nitrogens is 2. The number of halogens is 1. The molecule has 0 fully saturated rings. The SMILES string of the molecule is C#CCOc1ccnc(Br)n1. The van der Waals surface area contributed by atoms with E-state index in [1.807, 2.05) is 0 Å². The summed E-state index contributed by atoms with van der Waals surface area (Å²) in [5.74, 6) is 2.81. The number of nitrogens with zero attached hydrogens (tertiary/aromatic N) is 2. The Balaban J connectivity index is 2.65. The van der Waals surface area contributed by atoms with Gasteiger partial charge in [-0.1, -0.05) is 5.92 Å². The number of hydrogen-bond donors (Lipinski definition) is 0. The highest BCUT2D eigenvalue weighted by molar-refractivity contribution is 9.10. The molecule has 0 atom stereocenters. The van der Waals surface area contributed by atoms with Crippen molar-refractivity contribution in [3.63, 3.8) is 0 Å². The third-order valence-electron chi connectivity index (χ3n) is 0.904. The van der Waals surface area contributed by atoms with Crippen LogP contribution in [0.25, 0.3) is 0 Å². The molecule has 0 spiro atoms. The minimum absolute atomic E-state index is 0.226. The maximum atomic E-state index is 5.02. The monoisotopic (exact) mass is 212 g/mol. The van der Waals surface area contributed by atoms with E-state index in [9.17, 15) is 0 Å². The minimum atomic E-state index is 0.226. The van der Waals surface area contributed by atoms with Crippen LogP contribution in [-0.4, -0.2) is 16.6 Å². The average Bonchev–Trinajstić information content (AvgIpc) is 2.01. The molecule has 1 aromatic heterocycles. The summed E-state index contributed by atoms with van der Waals surface area (Å²) < 4.78 is 5.51. The first-order valence-corrected chi connectivity index (χ1v) is 3.67. The van der Waals surface area contributed by atoms with Gasteiger partial charge in [-0.25, -0.2) is 4.98 Å². The van der Waals surface area contributed by atoms with E-state index in [1.165, 1.54) is 0 Å². The van der Waals surface area contributed by atoms with Gasteiger partial charge >= 0.3 is 0 Å². The molecule has 11 heavy (non-hydrogen) atoms. The molecular formula is C7H5BrN2O. The second-order valence-electron chi connectivity index (χ2n) is 1.66. The lowest BCUT2D eigenvalue weighted by molar-refractivity contribution is 0.354. The molecule has 1 aromatic rings. The standard InChI is InChI=1S/C7H5BrN2O/c1-2-5-11-6-3-4-9-7(8)10-6/h1,3-4H,5H2. The van der Waals surface area contributed by atoms with E-state index < -0.39 is 0 Å². The summed E-state index contributed by atoms with van der Waals surface area (Å²) in [5, 5.41) is 0. The van der Waals surface area contributed by atoms with Crippen molar-refractivity contribution in [1.82, 2.24) is 9.97 Å². The second-order valence-corrected chi connectivity index (χ2v) is 2.37. The summed E-state index contributed by atoms with van der Waals surface area (Å²) in [7, 11) is 0. The maximum absolute atomic E-state index is 5.02. The van der Waals surface area contributed by atoms with Crippen LogP contribution in [0.3, 0.4) is 0 Å². The topological polar surface area (TPSA) is 35.0 Å². The van der Waals surface area contributed by atoms with Crippen LogP contribution in [-0.2, 0) is 0 Å². The zero-order valence-corrected chi connectivity index (χ0v) is 7.21. The van der Waals surface area contributed by atoms with Crippen LogP contribution in [0.5, 0.6) is 5.88 Å². The Morgan fingerprint density at radius 3 is 3.18 bits per heavy atom. The Morgan fingerprint density at radius 1 is 1.73 bits per heavy atom. The highest BCUT2D eigenvalue weighted by Gasteiger charge is 1.93. The summed E-state index contributed by atoms with van der Waals surface area (Å²) in [6.07, 6.45) is 6.57. The van der Waals surface area contributed by atoms with Crippen molar-refractivity contribution >= 4 is 15.9 Å². The van der Waals surface area contributed by atoms with Crippen molar-refractivity contribution in [3.05, 3.63) is 17.0 Å². The van der Waals surface area contributed by atoms with Crippen molar-refractivity contribution in [2.45, 2.75) is 0 Å². The Hall–Kier alpha value is -1.08. The molecular weight excluding hydrogens is 208 g/mol. The van der Waals surface area contributed by atoms with Crippen molar-refractivity contribution in [1.29, 1.82) is 0 Å². The fraction of sp³-hybridized carbons (Fsp3) is 0.143. The summed E-state index contributed by atoms with van der Waals surface area (Å²) in [4.78, 5) is 7.72. The average molecular weight is 213 g/mol. The highest BCUT2D eigenvalue weighted by atomic mass is 79.9. The molecule has 0 N–H and O–H groups in total. The number of terminal acetylenes is 1. The molecule has 4 heteroatoms. The molecule has 0 aliphatic heterocycles. The zero-order valence-electron chi connectivity index (χ0n) is 5.62. The van der Waals surface area contributed by atoms with Gasteiger partial charge in [0.25, 0.3) is 0 Å². The normalized spacial score (nSPS) is 8.73. The van der Waals surface area contributed by atoms with Gasteiger partial charge in [0.2, 0.25) is 5.88 Å². The minimum Gasteiger partial charge on any atom is -0.464 e. The van der Waals surface area contributed by atoms with Crippen LogP contribution in [0.4, 0.5) is 0 Å². The molecule has 0 radical (unpaired) electrons. The van der Waals surface area contributed by atoms with Crippen molar-refractivity contribution in [2.75, 3.05) is 6.61 Å². The molecule has 0 aliphatic rings. The van der Waals surface area contributed by atoms with E-state index in [-0.39, 0.29) is 6.61 Å². The van der Waals surface area contributed by atoms with Gasteiger partial charge in [0, 0.05) is 12.3 Å². The zero-order chi connectivity index (χ0) is 8.10. The lowest BCUT2D eigenvalue weighted by Crippen LogP contribution is -1.96. The Kier molecular flexibility index (Phi) is 2.87. The van der Waals surface area contributed by atoms with Gasteiger partial charge in [-0.15, -0.1) is 6.42 Å². The van der Waals surface area contributed by atoms with Gasteiger partial charge in [-0.2, -0.15) is 4.98 Å². The first kappa shape index (κ1) is 8.02. The third kappa shape index (κ3) is 2.56. The first-order chi connectivity index (χ1) is 5.33. The van der Waals surface area contributed by atoms with Crippen LogP contribution < -0.4 is 4.74 Å². The van der Waals surface area contributed by atoms with Gasteiger partial charge in [-0.05, 0) is 15.9 Å². The molecule has 56 valence electrons. The highest BCUT2D eigenvalue weighted by Crippen LogP contribution is 2.08. The molecule has 3 nitrogen and oxygen atoms in total. The predicted octanol–water partition coefficient (Wildman–Crippen LogP) is 1.25. The number of rotatable bonds is 2. The van der Waals surface area contributed by atoms with Gasteiger partial charge < -0.3 is 4.74 Å². The Labute approximate surface area is 72.9 Å². The lowest BCUT2D eigenvalue weighted by Gasteiger charge is -1.98. The van der Waals surface area contributed by atoms with E-state index in [4.69, 9.17) is 11.2 Å². The Bertz CT molecular complexity index is 282. The van der Waals surface area contributed by atoms with E-state index in [2.05, 4.69) is 31.8 Å². The molecule has 0 saturated heterocycles. The first-order valence-electron chi connectivity index (χ1n) is 2.88. The summed E-state index contributed by atoms with van der Waals surface area (Å²) in [5.41, 5.74) is 0. The van der Waals surface area contributed by atoms with E-state index >= 15 is 0 Å². The van der Waals surface area contributed by atoms with E-state index in [0.717, 1.165) is 0 Å². The molecule has 0 aromatic carbocycles. The largest absolute Gasteiger partial charge is 0.464 e. The van der Waals surface area contributed by atoms with Crippen LogP contribution in [0.2, 0.25) is 0 Å². The summed E-state index contributed by atoms with van der Waals surface area (Å²) in [6.45, 7) is 0.226. The van der Waals surface area contributed by atoms with Crippen molar-refractivity contribution < 1.29 is 4.74 Å². The van der Waals surface area contributed by atoms with Crippen molar-refractivity contribution in [3.8, 4) is 18.2 Å². The second kappa shape index (κ2) is 3.94. The number of hydrogen-bond acceptors (Lipinski definition) is 3. The van der Waals surface area contributed by atoms with Crippen LogP contribution in [0.1, 0.15) is 0 Å². The molecule has 0 bridgehead atoms. The lowest BCUT2D eigenvalue weighted by atomic mass is 10.6. The van der Waals surface area contributed by atoms with Gasteiger partial charge in [0.1, 0.15) is 0 Å². The maximum Gasteiger partial charge on any atom is 0.218 e. The summed E-state index contributed by atoms with van der Waals surface area (Å²) in [6, 6.07) is 1.64. The van der Waals surface area contributed by atoms with Crippen LogP contribution >= 0.6 is 15.9 Å².